The average Bonchev–Trinajstić information content (AvgIpc) is 2.52. The predicted molar refractivity (Wildman–Crippen MR) is 82.7 cm³/mol. The van der Waals surface area contributed by atoms with Crippen LogP contribution in [0.3, 0.4) is 0 Å². The highest BCUT2D eigenvalue weighted by Crippen LogP contribution is 2.22. The van der Waals surface area contributed by atoms with E-state index in [-0.39, 0.29) is 18.4 Å². The fourth-order valence-electron chi connectivity index (χ4n) is 2.92. The van der Waals surface area contributed by atoms with Gasteiger partial charge in [-0.3, -0.25) is 9.59 Å². The Balaban J connectivity index is 1.84. The predicted octanol–water partition coefficient (Wildman–Crippen LogP) is 2.27. The molecule has 2 amide bonds. The molecule has 0 spiro atoms. The fourth-order valence-corrected chi connectivity index (χ4v) is 2.92. The van der Waals surface area contributed by atoms with Crippen molar-refractivity contribution in [3.8, 4) is 0 Å². The second-order valence-electron chi connectivity index (χ2n) is 6.03. The minimum atomic E-state index is -0.571. The maximum atomic E-state index is 13.6. The van der Waals surface area contributed by atoms with Gasteiger partial charge in [0, 0.05) is 26.1 Å². The summed E-state index contributed by atoms with van der Waals surface area (Å²) in [4.78, 5) is 24.6. The number of nitrogens with zero attached hydrogens (tertiary/aromatic N) is 1. The number of hydrogen-bond acceptors (Lipinski definition) is 2. The highest BCUT2D eigenvalue weighted by Gasteiger charge is 2.23. The number of piperidine rings is 1. The Morgan fingerprint density at radius 2 is 2.13 bits per heavy atom. The van der Waals surface area contributed by atoms with Crippen LogP contribution in [0.5, 0.6) is 0 Å². The molecule has 126 valence electrons. The SMILES string of the molecule is CC(=O)NCC(=O)N1CCCC(CCc2ccc(F)cc2F)C1. The van der Waals surface area contributed by atoms with Crippen LogP contribution in [0, 0.1) is 17.6 Å². The molecule has 1 heterocycles. The molecule has 0 aliphatic carbocycles. The van der Waals surface area contributed by atoms with Crippen LogP contribution in [0.4, 0.5) is 8.78 Å². The van der Waals surface area contributed by atoms with Crippen LogP contribution in [0.25, 0.3) is 0 Å². The Labute approximate surface area is 134 Å². The van der Waals surface area contributed by atoms with Gasteiger partial charge in [-0.25, -0.2) is 8.78 Å². The zero-order chi connectivity index (χ0) is 16.8. The maximum absolute atomic E-state index is 13.6. The van der Waals surface area contributed by atoms with Gasteiger partial charge in [0.25, 0.3) is 0 Å². The van der Waals surface area contributed by atoms with Crippen LogP contribution in [0.15, 0.2) is 18.2 Å². The van der Waals surface area contributed by atoms with Crippen LogP contribution < -0.4 is 5.32 Å². The number of aryl methyl sites for hydroxylation is 1. The summed E-state index contributed by atoms with van der Waals surface area (Å²) in [6.07, 6.45) is 3.19. The van der Waals surface area contributed by atoms with E-state index in [2.05, 4.69) is 5.32 Å². The number of likely N-dealkylation sites (tertiary alicyclic amines) is 1. The number of rotatable bonds is 5. The second-order valence-corrected chi connectivity index (χ2v) is 6.03. The molecule has 6 heteroatoms. The number of nitrogens with one attached hydrogen (secondary N) is 1. The van der Waals surface area contributed by atoms with Crippen molar-refractivity contribution in [3.05, 3.63) is 35.4 Å². The molecule has 2 rings (SSSR count). The molecular weight excluding hydrogens is 302 g/mol. The summed E-state index contributed by atoms with van der Waals surface area (Å²) < 4.78 is 26.5. The van der Waals surface area contributed by atoms with E-state index < -0.39 is 11.6 Å². The Bertz CT molecular complexity index is 578. The van der Waals surface area contributed by atoms with Crippen LogP contribution in [-0.4, -0.2) is 36.3 Å². The first kappa shape index (κ1) is 17.4. The fraction of sp³-hybridized carbons (Fsp3) is 0.529. The van der Waals surface area contributed by atoms with Crippen molar-refractivity contribution in [2.75, 3.05) is 19.6 Å². The molecule has 1 atom stereocenters. The molecule has 1 fully saturated rings. The quantitative estimate of drug-likeness (QED) is 0.903. The molecule has 0 bridgehead atoms. The van der Waals surface area contributed by atoms with Gasteiger partial charge in [-0.05, 0) is 43.2 Å². The average molecular weight is 324 g/mol. The number of benzene rings is 1. The van der Waals surface area contributed by atoms with E-state index in [1.54, 1.807) is 4.90 Å². The monoisotopic (exact) mass is 324 g/mol. The van der Waals surface area contributed by atoms with Crippen molar-refractivity contribution in [2.24, 2.45) is 5.92 Å². The van der Waals surface area contributed by atoms with Crippen LogP contribution in [0.2, 0.25) is 0 Å². The third-order valence-electron chi connectivity index (χ3n) is 4.20. The molecule has 1 N–H and O–H groups in total. The molecule has 0 saturated carbocycles. The molecule has 1 unspecified atom stereocenters. The summed E-state index contributed by atoms with van der Waals surface area (Å²) >= 11 is 0. The Kier molecular flexibility index (Phi) is 6.07. The number of hydrogen-bond donors (Lipinski definition) is 1. The normalized spacial score (nSPS) is 17.9. The lowest BCUT2D eigenvalue weighted by Gasteiger charge is -2.33. The smallest absolute Gasteiger partial charge is 0.241 e. The molecule has 0 aromatic heterocycles. The summed E-state index contributed by atoms with van der Waals surface area (Å²) in [6, 6.07) is 3.65. The highest BCUT2D eigenvalue weighted by molar-refractivity contribution is 5.83. The Morgan fingerprint density at radius 1 is 1.35 bits per heavy atom. The van der Waals surface area contributed by atoms with E-state index in [1.807, 2.05) is 0 Å². The minimum Gasteiger partial charge on any atom is -0.347 e. The zero-order valence-corrected chi connectivity index (χ0v) is 13.3. The summed E-state index contributed by atoms with van der Waals surface area (Å²) in [5.74, 6) is -1.09. The molecule has 1 aliphatic rings. The Morgan fingerprint density at radius 3 is 2.83 bits per heavy atom. The zero-order valence-electron chi connectivity index (χ0n) is 13.3. The molecule has 1 aromatic carbocycles. The molecule has 1 aliphatic heterocycles. The van der Waals surface area contributed by atoms with E-state index >= 15 is 0 Å². The van der Waals surface area contributed by atoms with Gasteiger partial charge in [-0.2, -0.15) is 0 Å². The first-order valence-electron chi connectivity index (χ1n) is 7.92. The van der Waals surface area contributed by atoms with E-state index in [1.165, 1.54) is 19.1 Å². The van der Waals surface area contributed by atoms with E-state index in [0.717, 1.165) is 25.3 Å². The summed E-state index contributed by atoms with van der Waals surface area (Å²) in [7, 11) is 0. The molecular formula is C17H22F2N2O2. The standard InChI is InChI=1S/C17H22F2N2O2/c1-12(22)20-10-17(23)21-8-2-3-13(11-21)4-5-14-6-7-15(18)9-16(14)19/h6-7,9,13H,2-5,8,10-11H2,1H3,(H,20,22). The minimum absolute atomic E-state index is 0.0225. The van der Waals surface area contributed by atoms with Crippen molar-refractivity contribution >= 4 is 11.8 Å². The number of carbonyl (C=O) groups excluding carboxylic acids is 2. The van der Waals surface area contributed by atoms with Gasteiger partial charge in [-0.1, -0.05) is 6.07 Å². The molecule has 23 heavy (non-hydrogen) atoms. The van der Waals surface area contributed by atoms with Gasteiger partial charge in [0.1, 0.15) is 11.6 Å². The van der Waals surface area contributed by atoms with Gasteiger partial charge in [0.15, 0.2) is 0 Å². The van der Waals surface area contributed by atoms with E-state index in [9.17, 15) is 18.4 Å². The van der Waals surface area contributed by atoms with Crippen LogP contribution >= 0.6 is 0 Å². The lowest BCUT2D eigenvalue weighted by molar-refractivity contribution is -0.134. The van der Waals surface area contributed by atoms with Crippen molar-refractivity contribution in [3.63, 3.8) is 0 Å². The Hall–Kier alpha value is -1.98. The highest BCUT2D eigenvalue weighted by atomic mass is 19.1. The van der Waals surface area contributed by atoms with E-state index in [0.29, 0.717) is 31.0 Å². The number of amides is 2. The maximum Gasteiger partial charge on any atom is 0.241 e. The van der Waals surface area contributed by atoms with Gasteiger partial charge in [0.05, 0.1) is 6.54 Å². The van der Waals surface area contributed by atoms with E-state index in [4.69, 9.17) is 0 Å². The second kappa shape index (κ2) is 8.04. The summed E-state index contributed by atoms with van der Waals surface area (Å²) in [6.45, 7) is 2.72. The first-order chi connectivity index (χ1) is 11.0. The topological polar surface area (TPSA) is 49.4 Å². The van der Waals surface area contributed by atoms with Crippen molar-refractivity contribution in [2.45, 2.75) is 32.6 Å². The largest absolute Gasteiger partial charge is 0.347 e. The van der Waals surface area contributed by atoms with Gasteiger partial charge >= 0.3 is 0 Å². The third kappa shape index (κ3) is 5.30. The summed E-state index contributed by atoms with van der Waals surface area (Å²) in [5, 5.41) is 2.51. The first-order valence-corrected chi connectivity index (χ1v) is 7.92. The van der Waals surface area contributed by atoms with Crippen LogP contribution in [-0.2, 0) is 16.0 Å². The molecule has 1 saturated heterocycles. The lowest BCUT2D eigenvalue weighted by Crippen LogP contribution is -2.44. The molecule has 4 nitrogen and oxygen atoms in total. The van der Waals surface area contributed by atoms with Crippen molar-refractivity contribution in [1.82, 2.24) is 10.2 Å². The van der Waals surface area contributed by atoms with Crippen LogP contribution in [0.1, 0.15) is 31.7 Å². The molecule has 0 radical (unpaired) electrons. The third-order valence-corrected chi connectivity index (χ3v) is 4.20. The van der Waals surface area contributed by atoms with Crippen molar-refractivity contribution in [1.29, 1.82) is 0 Å². The van der Waals surface area contributed by atoms with Crippen molar-refractivity contribution < 1.29 is 18.4 Å². The van der Waals surface area contributed by atoms with Gasteiger partial charge in [0.2, 0.25) is 11.8 Å². The van der Waals surface area contributed by atoms with Gasteiger partial charge in [-0.15, -0.1) is 0 Å². The van der Waals surface area contributed by atoms with Gasteiger partial charge < -0.3 is 10.2 Å². The number of carbonyl (C=O) groups is 2. The lowest BCUT2D eigenvalue weighted by atomic mass is 9.91. The summed E-state index contributed by atoms with van der Waals surface area (Å²) in [5.41, 5.74) is 0.507. The molecule has 1 aromatic rings. The number of halogens is 2.